The van der Waals surface area contributed by atoms with E-state index < -0.39 is 0 Å². The second-order valence-corrected chi connectivity index (χ2v) is 7.08. The van der Waals surface area contributed by atoms with Crippen LogP contribution in [0.1, 0.15) is 4.88 Å². The number of rotatable bonds is 4. The molecule has 3 aromatic rings. The lowest BCUT2D eigenvalue weighted by atomic mass is 10.2. The molecule has 102 valence electrons. The molecule has 3 nitrogen and oxygen atoms in total. The minimum Gasteiger partial charge on any atom is -0.399 e. The summed E-state index contributed by atoms with van der Waals surface area (Å²) in [6.07, 6.45) is 0.998. The zero-order chi connectivity index (χ0) is 13.9. The van der Waals surface area contributed by atoms with Gasteiger partial charge in [-0.1, -0.05) is 0 Å². The number of aromatic nitrogens is 1. The number of nitrogen functional groups attached to an aromatic ring is 1. The highest BCUT2D eigenvalue weighted by molar-refractivity contribution is 9.11. The van der Waals surface area contributed by atoms with Crippen molar-refractivity contribution in [2.24, 2.45) is 0 Å². The number of fused-ring (bicyclic) bond motifs is 1. The van der Waals surface area contributed by atoms with E-state index in [1.165, 1.54) is 8.66 Å². The lowest BCUT2D eigenvalue weighted by molar-refractivity contribution is 1.03. The van der Waals surface area contributed by atoms with Gasteiger partial charge in [0, 0.05) is 22.5 Å². The second-order valence-electron chi connectivity index (χ2n) is 4.53. The van der Waals surface area contributed by atoms with Crippen LogP contribution in [-0.2, 0) is 6.42 Å². The average Bonchev–Trinajstić information content (AvgIpc) is 2.85. The van der Waals surface area contributed by atoms with E-state index in [1.54, 1.807) is 11.3 Å². The lowest BCUT2D eigenvalue weighted by Crippen LogP contribution is -2.05. The number of thiophene rings is 1. The number of nitrogens with zero attached hydrogens (tertiary/aromatic N) is 1. The molecule has 0 spiro atoms. The molecule has 0 unspecified atom stereocenters. The summed E-state index contributed by atoms with van der Waals surface area (Å²) in [5.74, 6) is 0.901. The molecular formula is C15H14BrN3S. The SMILES string of the molecule is Nc1ccc2nc(NCCc3ccc(Br)s3)ccc2c1. The molecule has 0 aliphatic heterocycles. The van der Waals surface area contributed by atoms with E-state index >= 15 is 0 Å². The number of hydrogen-bond acceptors (Lipinski definition) is 4. The highest BCUT2D eigenvalue weighted by Crippen LogP contribution is 2.22. The summed E-state index contributed by atoms with van der Waals surface area (Å²) in [5.41, 5.74) is 7.49. The van der Waals surface area contributed by atoms with E-state index in [2.05, 4.69) is 38.4 Å². The van der Waals surface area contributed by atoms with Crippen molar-refractivity contribution in [2.75, 3.05) is 17.6 Å². The molecule has 0 fully saturated rings. The molecule has 20 heavy (non-hydrogen) atoms. The van der Waals surface area contributed by atoms with Crippen LogP contribution in [0.5, 0.6) is 0 Å². The van der Waals surface area contributed by atoms with Crippen molar-refractivity contribution in [1.82, 2.24) is 4.98 Å². The van der Waals surface area contributed by atoms with E-state index in [9.17, 15) is 0 Å². The van der Waals surface area contributed by atoms with Gasteiger partial charge >= 0.3 is 0 Å². The van der Waals surface area contributed by atoms with Crippen molar-refractivity contribution in [2.45, 2.75) is 6.42 Å². The monoisotopic (exact) mass is 347 g/mol. The number of benzene rings is 1. The van der Waals surface area contributed by atoms with Crippen molar-refractivity contribution in [3.8, 4) is 0 Å². The third kappa shape index (κ3) is 3.11. The first kappa shape index (κ1) is 13.4. The molecule has 0 atom stereocenters. The summed E-state index contributed by atoms with van der Waals surface area (Å²) in [6.45, 7) is 0.875. The number of nitrogens with one attached hydrogen (secondary N) is 1. The fraction of sp³-hybridized carbons (Fsp3) is 0.133. The number of nitrogens with two attached hydrogens (primary N) is 1. The van der Waals surface area contributed by atoms with Gasteiger partial charge in [-0.25, -0.2) is 4.98 Å². The maximum absolute atomic E-state index is 5.76. The Hall–Kier alpha value is -1.59. The molecule has 0 aliphatic rings. The molecule has 2 heterocycles. The molecule has 0 amide bonds. The number of pyridine rings is 1. The van der Waals surface area contributed by atoms with Crippen LogP contribution in [0.4, 0.5) is 11.5 Å². The molecule has 2 aromatic heterocycles. The standard InChI is InChI=1S/C15H14BrN3S/c16-14-5-3-12(20-14)7-8-18-15-6-1-10-9-11(17)2-4-13(10)19-15/h1-6,9H,7-8,17H2,(H,18,19). The first-order valence-electron chi connectivity index (χ1n) is 6.35. The average molecular weight is 348 g/mol. The molecular weight excluding hydrogens is 334 g/mol. The summed E-state index contributed by atoms with van der Waals surface area (Å²) in [7, 11) is 0. The predicted octanol–water partition coefficient (Wildman–Crippen LogP) is 4.30. The minimum absolute atomic E-state index is 0.767. The Balaban J connectivity index is 1.67. The van der Waals surface area contributed by atoms with E-state index in [-0.39, 0.29) is 0 Å². The molecule has 0 saturated heterocycles. The maximum atomic E-state index is 5.76. The van der Waals surface area contributed by atoms with Gasteiger partial charge in [-0.3, -0.25) is 0 Å². The van der Waals surface area contributed by atoms with Crippen LogP contribution in [0.3, 0.4) is 0 Å². The van der Waals surface area contributed by atoms with Crippen LogP contribution in [0.25, 0.3) is 10.9 Å². The van der Waals surface area contributed by atoms with Crippen LogP contribution in [0.2, 0.25) is 0 Å². The van der Waals surface area contributed by atoms with E-state index in [1.807, 2.05) is 30.3 Å². The number of halogens is 1. The third-order valence-corrected chi connectivity index (χ3v) is 4.70. The lowest BCUT2D eigenvalue weighted by Gasteiger charge is -2.06. The van der Waals surface area contributed by atoms with Gasteiger partial charge in [-0.05, 0) is 64.8 Å². The molecule has 1 aromatic carbocycles. The quantitative estimate of drug-likeness (QED) is 0.692. The van der Waals surface area contributed by atoms with Gasteiger partial charge in [0.25, 0.3) is 0 Å². The summed E-state index contributed by atoms with van der Waals surface area (Å²) in [4.78, 5) is 5.94. The fourth-order valence-electron chi connectivity index (χ4n) is 2.04. The molecule has 3 N–H and O–H groups in total. The van der Waals surface area contributed by atoms with E-state index in [0.717, 1.165) is 35.4 Å². The van der Waals surface area contributed by atoms with Gasteiger partial charge in [0.15, 0.2) is 0 Å². The van der Waals surface area contributed by atoms with Gasteiger partial charge in [0.2, 0.25) is 0 Å². The maximum Gasteiger partial charge on any atom is 0.126 e. The molecule has 0 bridgehead atoms. The fourth-order valence-corrected chi connectivity index (χ4v) is 3.53. The zero-order valence-electron chi connectivity index (χ0n) is 10.8. The summed E-state index contributed by atoms with van der Waals surface area (Å²) >= 11 is 5.25. The normalized spacial score (nSPS) is 10.8. The van der Waals surface area contributed by atoms with Crippen LogP contribution in [0, 0.1) is 0 Å². The summed E-state index contributed by atoms with van der Waals surface area (Å²) in [5, 5.41) is 4.43. The third-order valence-electron chi connectivity index (χ3n) is 3.02. The largest absolute Gasteiger partial charge is 0.399 e. The summed E-state index contributed by atoms with van der Waals surface area (Å²) < 4.78 is 1.17. The predicted molar refractivity (Wildman–Crippen MR) is 90.4 cm³/mol. The molecule has 0 radical (unpaired) electrons. The topological polar surface area (TPSA) is 50.9 Å². The highest BCUT2D eigenvalue weighted by Gasteiger charge is 2.00. The summed E-state index contributed by atoms with van der Waals surface area (Å²) in [6, 6.07) is 14.0. The van der Waals surface area contributed by atoms with Gasteiger partial charge in [-0.2, -0.15) is 0 Å². The Labute approximate surface area is 130 Å². The number of anilines is 2. The smallest absolute Gasteiger partial charge is 0.126 e. The van der Waals surface area contributed by atoms with Gasteiger partial charge in [0.05, 0.1) is 9.30 Å². The minimum atomic E-state index is 0.767. The van der Waals surface area contributed by atoms with Crippen molar-refractivity contribution >= 4 is 49.7 Å². The van der Waals surface area contributed by atoms with Crippen LogP contribution in [0.15, 0.2) is 46.3 Å². The van der Waals surface area contributed by atoms with Crippen molar-refractivity contribution in [3.05, 3.63) is 51.1 Å². The Morgan fingerprint density at radius 1 is 1.15 bits per heavy atom. The molecule has 0 aliphatic carbocycles. The first-order chi connectivity index (χ1) is 9.70. The van der Waals surface area contributed by atoms with Crippen LogP contribution < -0.4 is 11.1 Å². The molecule has 5 heteroatoms. The van der Waals surface area contributed by atoms with E-state index in [0.29, 0.717) is 0 Å². The van der Waals surface area contributed by atoms with Crippen molar-refractivity contribution < 1.29 is 0 Å². The van der Waals surface area contributed by atoms with Gasteiger partial charge in [0.1, 0.15) is 5.82 Å². The highest BCUT2D eigenvalue weighted by atomic mass is 79.9. The Morgan fingerprint density at radius 2 is 2.05 bits per heavy atom. The van der Waals surface area contributed by atoms with E-state index in [4.69, 9.17) is 5.73 Å². The number of hydrogen-bond donors (Lipinski definition) is 2. The molecule has 3 rings (SSSR count). The van der Waals surface area contributed by atoms with Crippen molar-refractivity contribution in [3.63, 3.8) is 0 Å². The Kier molecular flexibility index (Phi) is 3.89. The van der Waals surface area contributed by atoms with Gasteiger partial charge in [-0.15, -0.1) is 11.3 Å². The van der Waals surface area contributed by atoms with Crippen LogP contribution in [-0.4, -0.2) is 11.5 Å². The molecule has 0 saturated carbocycles. The van der Waals surface area contributed by atoms with Crippen molar-refractivity contribution in [1.29, 1.82) is 0 Å². The Morgan fingerprint density at radius 3 is 2.85 bits per heavy atom. The van der Waals surface area contributed by atoms with Crippen LogP contribution >= 0.6 is 27.3 Å². The van der Waals surface area contributed by atoms with Gasteiger partial charge < -0.3 is 11.1 Å². The zero-order valence-corrected chi connectivity index (χ0v) is 13.2. The second kappa shape index (κ2) is 5.81. The Bertz CT molecular complexity index is 739. The first-order valence-corrected chi connectivity index (χ1v) is 7.96.